The summed E-state index contributed by atoms with van der Waals surface area (Å²) >= 11 is 3.03. The molecule has 9 nitrogen and oxygen atoms in total. The molecule has 0 bridgehead atoms. The number of ether oxygens (including phenoxy) is 1. The van der Waals surface area contributed by atoms with E-state index in [4.69, 9.17) is 14.5 Å². The fourth-order valence-corrected chi connectivity index (χ4v) is 4.78. The number of aromatic amines is 1. The van der Waals surface area contributed by atoms with Crippen molar-refractivity contribution in [2.75, 3.05) is 10.9 Å². The van der Waals surface area contributed by atoms with Crippen molar-refractivity contribution in [1.29, 1.82) is 5.26 Å². The zero-order valence-corrected chi connectivity index (χ0v) is 18.4. The molecule has 2 aromatic heterocycles. The van der Waals surface area contributed by atoms with Gasteiger partial charge in [0.25, 0.3) is 10.0 Å². The molecule has 0 unspecified atom stereocenters. The van der Waals surface area contributed by atoms with Gasteiger partial charge in [0, 0.05) is 23.7 Å². The van der Waals surface area contributed by atoms with Gasteiger partial charge in [0.2, 0.25) is 5.56 Å². The smallest absolute Gasteiger partial charge is 0.270 e. The molecule has 0 aliphatic rings. The highest BCUT2D eigenvalue weighted by atomic mass is 79.9. The minimum atomic E-state index is -4.38. The van der Waals surface area contributed by atoms with E-state index < -0.39 is 22.4 Å². The Kier molecular flexibility index (Phi) is 5.68. The number of nitrogens with one attached hydrogen (secondary N) is 1. The van der Waals surface area contributed by atoms with Crippen molar-refractivity contribution in [3.63, 3.8) is 0 Å². The van der Waals surface area contributed by atoms with Crippen LogP contribution < -0.4 is 14.6 Å². The maximum absolute atomic E-state index is 14.5. The fraction of sp³-hybridized carbons (Fsp3) is 0.0500. The number of benzene rings is 2. The molecule has 4 rings (SSSR count). The first-order valence-corrected chi connectivity index (χ1v) is 11.1. The van der Waals surface area contributed by atoms with Crippen molar-refractivity contribution in [3.05, 3.63) is 75.4 Å². The van der Waals surface area contributed by atoms with Crippen LogP contribution in [0, 0.1) is 17.1 Å². The average Bonchev–Trinajstić information content (AvgIpc) is 3.28. The summed E-state index contributed by atoms with van der Waals surface area (Å²) in [7, 11) is -4.38. The van der Waals surface area contributed by atoms with Gasteiger partial charge in [-0.05, 0) is 51.6 Å². The summed E-state index contributed by atoms with van der Waals surface area (Å²) in [6.45, 7) is -0.402. The van der Waals surface area contributed by atoms with E-state index in [1.165, 1.54) is 42.5 Å². The summed E-state index contributed by atoms with van der Waals surface area (Å²) in [6, 6.07) is 12.1. The van der Waals surface area contributed by atoms with Crippen LogP contribution in [0.2, 0.25) is 0 Å². The third-order valence-electron chi connectivity index (χ3n) is 4.38. The highest BCUT2D eigenvalue weighted by molar-refractivity contribution is 9.10. The lowest BCUT2D eigenvalue weighted by Gasteiger charge is -2.24. The lowest BCUT2D eigenvalue weighted by atomic mass is 10.2. The van der Waals surface area contributed by atoms with Crippen LogP contribution >= 0.6 is 15.9 Å². The molecule has 2 aromatic carbocycles. The van der Waals surface area contributed by atoms with Gasteiger partial charge >= 0.3 is 0 Å². The van der Waals surface area contributed by atoms with Gasteiger partial charge < -0.3 is 14.2 Å². The second-order valence-electron chi connectivity index (χ2n) is 6.38. The Morgan fingerprint density at radius 2 is 2.03 bits per heavy atom. The van der Waals surface area contributed by atoms with Crippen molar-refractivity contribution in [2.24, 2.45) is 0 Å². The summed E-state index contributed by atoms with van der Waals surface area (Å²) < 4.78 is 52.8. The monoisotopic (exact) mass is 518 g/mol. The molecular weight excluding hydrogens is 507 g/mol. The molecule has 2 heterocycles. The Balaban J connectivity index is 1.94. The molecule has 0 saturated heterocycles. The second-order valence-corrected chi connectivity index (χ2v) is 9.02. The quantitative estimate of drug-likeness (QED) is 0.410. The van der Waals surface area contributed by atoms with Gasteiger partial charge in [-0.1, -0.05) is 5.16 Å². The van der Waals surface area contributed by atoms with E-state index in [0.717, 1.165) is 16.6 Å². The van der Waals surface area contributed by atoms with Crippen LogP contribution in [0.5, 0.6) is 5.75 Å². The number of fused-ring (bicyclic) bond motifs is 1. The minimum Gasteiger partial charge on any atom is -0.476 e. The predicted octanol–water partition coefficient (Wildman–Crippen LogP) is 3.85. The van der Waals surface area contributed by atoms with Crippen molar-refractivity contribution >= 4 is 48.4 Å². The molecule has 0 aliphatic heterocycles. The lowest BCUT2D eigenvalue weighted by molar-refractivity contribution is 0.368. The van der Waals surface area contributed by atoms with Gasteiger partial charge in [-0.25, -0.2) is 17.1 Å². The van der Waals surface area contributed by atoms with Crippen LogP contribution in [0.1, 0.15) is 0 Å². The van der Waals surface area contributed by atoms with Crippen LogP contribution in [-0.2, 0) is 10.0 Å². The maximum atomic E-state index is 14.5. The zero-order chi connectivity index (χ0) is 22.9. The minimum absolute atomic E-state index is 0.0151. The summed E-state index contributed by atoms with van der Waals surface area (Å²) in [5.74, 6) is -0.990. The average molecular weight is 519 g/mol. The van der Waals surface area contributed by atoms with Crippen molar-refractivity contribution < 1.29 is 22.1 Å². The van der Waals surface area contributed by atoms with Crippen LogP contribution in [0.15, 0.2) is 73.5 Å². The van der Waals surface area contributed by atoms with Crippen molar-refractivity contribution in [2.45, 2.75) is 4.90 Å². The molecule has 162 valence electrons. The first kappa shape index (κ1) is 21.5. The van der Waals surface area contributed by atoms with Crippen LogP contribution in [0.4, 0.5) is 15.9 Å². The van der Waals surface area contributed by atoms with E-state index in [-0.39, 0.29) is 32.2 Å². The molecule has 0 saturated carbocycles. The van der Waals surface area contributed by atoms with Gasteiger partial charge in [0.15, 0.2) is 12.4 Å². The maximum Gasteiger partial charge on any atom is 0.270 e. The zero-order valence-electron chi connectivity index (χ0n) is 16.0. The molecule has 0 aliphatic carbocycles. The second kappa shape index (κ2) is 8.45. The topological polar surface area (TPSA) is 129 Å². The van der Waals surface area contributed by atoms with Crippen molar-refractivity contribution in [3.8, 4) is 11.8 Å². The molecule has 12 heteroatoms. The number of anilines is 2. The Bertz CT molecular complexity index is 1510. The van der Waals surface area contributed by atoms with E-state index in [1.807, 2.05) is 0 Å². The normalized spacial score (nSPS) is 11.3. The van der Waals surface area contributed by atoms with Crippen LogP contribution in [-0.4, -0.2) is 25.2 Å². The summed E-state index contributed by atoms with van der Waals surface area (Å²) in [5, 5.41) is 13.0. The first-order valence-electron chi connectivity index (χ1n) is 8.89. The molecule has 0 atom stereocenters. The number of sulfonamides is 1. The Morgan fingerprint density at radius 3 is 2.75 bits per heavy atom. The Morgan fingerprint density at radius 1 is 1.22 bits per heavy atom. The van der Waals surface area contributed by atoms with E-state index in [9.17, 15) is 17.6 Å². The van der Waals surface area contributed by atoms with Crippen LogP contribution in [0.25, 0.3) is 10.9 Å². The molecule has 1 N–H and O–H groups in total. The van der Waals surface area contributed by atoms with Crippen molar-refractivity contribution in [1.82, 2.24) is 10.1 Å². The summed E-state index contributed by atoms with van der Waals surface area (Å²) in [4.78, 5) is 14.0. The number of hydrogen-bond donors (Lipinski definition) is 1. The number of aromatic nitrogens is 2. The van der Waals surface area contributed by atoms with Gasteiger partial charge in [-0.3, -0.25) is 4.79 Å². The number of hydrogen-bond acceptors (Lipinski definition) is 7. The SMILES string of the molecule is N#CCOc1cc(Br)c(F)cc1N(c1ccon1)S(=O)(=O)c1ccc2[nH]c(=O)ccc2c1. The van der Waals surface area contributed by atoms with Gasteiger partial charge in [-0.2, -0.15) is 5.26 Å². The van der Waals surface area contributed by atoms with Crippen LogP contribution in [0.3, 0.4) is 0 Å². The number of rotatable bonds is 6. The van der Waals surface area contributed by atoms with Gasteiger partial charge in [0.1, 0.15) is 29.6 Å². The third kappa shape index (κ3) is 3.95. The molecular formula is C20H12BrFN4O5S. The largest absolute Gasteiger partial charge is 0.476 e. The van der Waals surface area contributed by atoms with Gasteiger partial charge in [-0.15, -0.1) is 0 Å². The third-order valence-corrected chi connectivity index (χ3v) is 6.70. The highest BCUT2D eigenvalue weighted by Gasteiger charge is 2.32. The molecule has 0 radical (unpaired) electrons. The molecule has 0 amide bonds. The van der Waals surface area contributed by atoms with E-state index in [0.29, 0.717) is 10.9 Å². The predicted molar refractivity (Wildman–Crippen MR) is 116 cm³/mol. The summed E-state index contributed by atoms with van der Waals surface area (Å²) in [5.41, 5.74) is -0.101. The van der Waals surface area contributed by atoms with E-state index in [1.54, 1.807) is 6.07 Å². The molecule has 0 spiro atoms. The van der Waals surface area contributed by atoms with E-state index >= 15 is 0 Å². The van der Waals surface area contributed by atoms with E-state index in [2.05, 4.69) is 26.1 Å². The molecule has 32 heavy (non-hydrogen) atoms. The highest BCUT2D eigenvalue weighted by Crippen LogP contribution is 2.40. The number of halogens is 2. The molecule has 0 fully saturated rings. The Labute approximate surface area is 188 Å². The first-order chi connectivity index (χ1) is 15.3. The lowest BCUT2D eigenvalue weighted by Crippen LogP contribution is -2.27. The Hall–Kier alpha value is -3.69. The van der Waals surface area contributed by atoms with Gasteiger partial charge in [0.05, 0.1) is 9.37 Å². The number of nitriles is 1. The molecule has 4 aromatic rings. The summed E-state index contributed by atoms with van der Waals surface area (Å²) in [6.07, 6.45) is 1.16. The number of nitrogens with zero attached hydrogens (tertiary/aromatic N) is 3. The fourth-order valence-electron chi connectivity index (χ4n) is 2.99. The number of H-pyrrole nitrogens is 1. The standard InChI is InChI=1S/C20H12BrFN4O5S/c21-14-10-18(30-8-6-23)17(11-15(14)22)26(19-5-7-31-25-19)32(28,29)13-2-3-16-12(9-13)1-4-20(27)24-16/h1-5,7,9-11H,8H2,(H,24,27). The number of pyridine rings is 1.